The van der Waals surface area contributed by atoms with Gasteiger partial charge in [0.05, 0.1) is 0 Å². The minimum Gasteiger partial charge on any atom is -0.381 e. The van der Waals surface area contributed by atoms with Crippen molar-refractivity contribution in [3.8, 4) is 0 Å². The van der Waals surface area contributed by atoms with Crippen LogP contribution in [0.4, 0.5) is 0 Å². The van der Waals surface area contributed by atoms with Crippen LogP contribution in [0.15, 0.2) is 0 Å². The summed E-state index contributed by atoms with van der Waals surface area (Å²) in [5.74, 6) is 0.861. The normalized spacial score (nSPS) is 19.3. The SMILES string of the molecule is CCCNC(C)CCCN(C)CC1CCOCC1. The molecule has 0 bridgehead atoms. The van der Waals surface area contributed by atoms with Crippen LogP contribution in [0, 0.1) is 5.92 Å². The van der Waals surface area contributed by atoms with Crippen molar-refractivity contribution in [3.63, 3.8) is 0 Å². The van der Waals surface area contributed by atoms with Gasteiger partial charge >= 0.3 is 0 Å². The third kappa shape index (κ3) is 7.34. The number of hydrogen-bond acceptors (Lipinski definition) is 3. The zero-order valence-corrected chi connectivity index (χ0v) is 12.6. The van der Waals surface area contributed by atoms with Crippen molar-refractivity contribution >= 4 is 0 Å². The highest BCUT2D eigenvalue weighted by molar-refractivity contribution is 4.68. The maximum atomic E-state index is 5.40. The largest absolute Gasteiger partial charge is 0.381 e. The van der Waals surface area contributed by atoms with Gasteiger partial charge in [0.15, 0.2) is 0 Å². The summed E-state index contributed by atoms with van der Waals surface area (Å²) in [7, 11) is 2.26. The van der Waals surface area contributed by atoms with Gasteiger partial charge in [0.2, 0.25) is 0 Å². The predicted molar refractivity (Wildman–Crippen MR) is 78.0 cm³/mol. The first kappa shape index (κ1) is 15.9. The Bertz CT molecular complexity index is 193. The second-order valence-electron chi connectivity index (χ2n) is 5.82. The van der Waals surface area contributed by atoms with Crippen molar-refractivity contribution in [2.24, 2.45) is 5.92 Å². The van der Waals surface area contributed by atoms with Gasteiger partial charge in [-0.1, -0.05) is 6.92 Å². The van der Waals surface area contributed by atoms with Crippen LogP contribution in [-0.2, 0) is 4.74 Å². The number of rotatable bonds is 9. The molecule has 18 heavy (non-hydrogen) atoms. The molecule has 1 aliphatic heterocycles. The van der Waals surface area contributed by atoms with Crippen LogP contribution < -0.4 is 5.32 Å². The number of nitrogens with zero attached hydrogens (tertiary/aromatic N) is 1. The van der Waals surface area contributed by atoms with E-state index in [9.17, 15) is 0 Å². The van der Waals surface area contributed by atoms with Gasteiger partial charge < -0.3 is 15.0 Å². The highest BCUT2D eigenvalue weighted by Gasteiger charge is 2.15. The van der Waals surface area contributed by atoms with Crippen molar-refractivity contribution in [1.29, 1.82) is 0 Å². The van der Waals surface area contributed by atoms with E-state index < -0.39 is 0 Å². The number of ether oxygens (including phenoxy) is 1. The second kappa shape index (κ2) is 9.76. The molecule has 1 atom stereocenters. The first-order valence-electron chi connectivity index (χ1n) is 7.72. The first-order chi connectivity index (χ1) is 8.72. The molecule has 1 rings (SSSR count). The van der Waals surface area contributed by atoms with Crippen LogP contribution in [0.3, 0.4) is 0 Å². The lowest BCUT2D eigenvalue weighted by atomic mass is 10.00. The van der Waals surface area contributed by atoms with Gasteiger partial charge in [-0.3, -0.25) is 0 Å². The molecule has 1 unspecified atom stereocenters. The van der Waals surface area contributed by atoms with E-state index in [4.69, 9.17) is 4.74 Å². The minimum absolute atomic E-state index is 0.668. The van der Waals surface area contributed by atoms with Crippen LogP contribution in [0.2, 0.25) is 0 Å². The lowest BCUT2D eigenvalue weighted by Crippen LogP contribution is -2.32. The Morgan fingerprint density at radius 2 is 2.06 bits per heavy atom. The molecular weight excluding hydrogens is 224 g/mol. The Hall–Kier alpha value is -0.120. The summed E-state index contributed by atoms with van der Waals surface area (Å²) in [4.78, 5) is 2.50. The van der Waals surface area contributed by atoms with E-state index in [1.54, 1.807) is 0 Å². The Balaban J connectivity index is 2.00. The molecule has 1 N–H and O–H groups in total. The molecule has 0 aliphatic carbocycles. The van der Waals surface area contributed by atoms with E-state index in [2.05, 4.69) is 31.1 Å². The molecule has 0 amide bonds. The molecule has 1 aliphatic rings. The molecule has 1 heterocycles. The highest BCUT2D eigenvalue weighted by atomic mass is 16.5. The molecule has 0 aromatic rings. The molecule has 1 fully saturated rings. The van der Waals surface area contributed by atoms with Gasteiger partial charge in [0, 0.05) is 25.8 Å². The lowest BCUT2D eigenvalue weighted by Gasteiger charge is -2.27. The molecule has 3 nitrogen and oxygen atoms in total. The summed E-state index contributed by atoms with van der Waals surface area (Å²) in [6.07, 6.45) is 6.32. The quantitative estimate of drug-likeness (QED) is 0.686. The van der Waals surface area contributed by atoms with Crippen LogP contribution in [-0.4, -0.2) is 50.8 Å². The Kier molecular flexibility index (Phi) is 8.64. The van der Waals surface area contributed by atoms with Gasteiger partial charge in [-0.2, -0.15) is 0 Å². The summed E-state index contributed by atoms with van der Waals surface area (Å²) in [5.41, 5.74) is 0. The Morgan fingerprint density at radius 1 is 1.33 bits per heavy atom. The van der Waals surface area contributed by atoms with Crippen molar-refractivity contribution in [2.75, 3.05) is 39.9 Å². The molecule has 0 saturated carbocycles. The van der Waals surface area contributed by atoms with Crippen LogP contribution in [0.5, 0.6) is 0 Å². The van der Waals surface area contributed by atoms with Crippen molar-refractivity contribution in [3.05, 3.63) is 0 Å². The van der Waals surface area contributed by atoms with Gasteiger partial charge in [0.1, 0.15) is 0 Å². The summed E-state index contributed by atoms with van der Waals surface area (Å²) in [5, 5.41) is 3.55. The fourth-order valence-corrected chi connectivity index (χ4v) is 2.62. The van der Waals surface area contributed by atoms with E-state index >= 15 is 0 Å². The summed E-state index contributed by atoms with van der Waals surface area (Å²) in [6, 6.07) is 0.668. The molecule has 108 valence electrons. The van der Waals surface area contributed by atoms with E-state index in [-0.39, 0.29) is 0 Å². The fraction of sp³-hybridized carbons (Fsp3) is 1.00. The molecule has 1 saturated heterocycles. The summed E-state index contributed by atoms with van der Waals surface area (Å²) < 4.78 is 5.40. The molecule has 0 aromatic carbocycles. The Morgan fingerprint density at radius 3 is 2.72 bits per heavy atom. The molecule has 0 spiro atoms. The first-order valence-corrected chi connectivity index (χ1v) is 7.72. The van der Waals surface area contributed by atoms with Crippen molar-refractivity contribution in [1.82, 2.24) is 10.2 Å². The third-order valence-corrected chi connectivity index (χ3v) is 3.83. The van der Waals surface area contributed by atoms with Crippen LogP contribution >= 0.6 is 0 Å². The summed E-state index contributed by atoms with van der Waals surface area (Å²) in [6.45, 7) is 10.1. The topological polar surface area (TPSA) is 24.5 Å². The zero-order valence-electron chi connectivity index (χ0n) is 12.6. The van der Waals surface area contributed by atoms with Crippen LogP contribution in [0.1, 0.15) is 46.0 Å². The smallest absolute Gasteiger partial charge is 0.0469 e. The number of nitrogens with one attached hydrogen (secondary N) is 1. The van der Waals surface area contributed by atoms with Gasteiger partial charge in [-0.25, -0.2) is 0 Å². The predicted octanol–water partition coefficient (Wildman–Crippen LogP) is 2.51. The van der Waals surface area contributed by atoms with E-state index in [1.807, 2.05) is 0 Å². The molecular formula is C15H32N2O. The van der Waals surface area contributed by atoms with Gasteiger partial charge in [0.25, 0.3) is 0 Å². The highest BCUT2D eigenvalue weighted by Crippen LogP contribution is 2.15. The second-order valence-corrected chi connectivity index (χ2v) is 5.82. The average molecular weight is 256 g/mol. The number of hydrogen-bond donors (Lipinski definition) is 1. The zero-order chi connectivity index (χ0) is 13.2. The molecule has 0 aromatic heterocycles. The molecule has 0 radical (unpaired) electrons. The van der Waals surface area contributed by atoms with E-state index in [0.29, 0.717) is 6.04 Å². The maximum absolute atomic E-state index is 5.40. The Labute approximate surface area is 113 Å². The standard InChI is InChI=1S/C15H32N2O/c1-4-9-16-14(2)6-5-10-17(3)13-15-7-11-18-12-8-15/h14-16H,4-13H2,1-3H3. The van der Waals surface area contributed by atoms with E-state index in [1.165, 1.54) is 45.2 Å². The van der Waals surface area contributed by atoms with Gasteiger partial charge in [-0.15, -0.1) is 0 Å². The lowest BCUT2D eigenvalue weighted by molar-refractivity contribution is 0.0555. The fourth-order valence-electron chi connectivity index (χ4n) is 2.62. The van der Waals surface area contributed by atoms with Gasteiger partial charge in [-0.05, 0) is 65.1 Å². The molecule has 3 heteroatoms. The third-order valence-electron chi connectivity index (χ3n) is 3.83. The maximum Gasteiger partial charge on any atom is 0.0469 e. The van der Waals surface area contributed by atoms with Crippen molar-refractivity contribution in [2.45, 2.75) is 52.0 Å². The van der Waals surface area contributed by atoms with Crippen molar-refractivity contribution < 1.29 is 4.74 Å². The van der Waals surface area contributed by atoms with E-state index in [0.717, 1.165) is 25.7 Å². The monoisotopic (exact) mass is 256 g/mol. The minimum atomic E-state index is 0.668. The average Bonchev–Trinajstić information content (AvgIpc) is 2.37. The summed E-state index contributed by atoms with van der Waals surface area (Å²) >= 11 is 0. The van der Waals surface area contributed by atoms with Crippen LogP contribution in [0.25, 0.3) is 0 Å².